The van der Waals surface area contributed by atoms with E-state index < -0.39 is 0 Å². The van der Waals surface area contributed by atoms with Crippen LogP contribution in [0.25, 0.3) is 0 Å². The van der Waals surface area contributed by atoms with Gasteiger partial charge >= 0.3 is 6.09 Å². The average molecular weight is 420 g/mol. The Kier molecular flexibility index (Phi) is 6.46. The van der Waals surface area contributed by atoms with Crippen molar-refractivity contribution in [1.82, 2.24) is 5.32 Å². The number of rotatable bonds is 8. The van der Waals surface area contributed by atoms with Crippen molar-refractivity contribution in [3.05, 3.63) is 55.7 Å². The number of ether oxygens (including phenoxy) is 1. The Labute approximate surface area is 175 Å². The highest BCUT2D eigenvalue weighted by Crippen LogP contribution is 2.31. The number of hydrogen-bond acceptors (Lipinski definition) is 4. The Morgan fingerprint density at radius 3 is 2.71 bits per heavy atom. The molecule has 2 heterocycles. The number of halogens is 1. The molecule has 1 aromatic heterocycles. The number of nitrogens with one attached hydrogen (secondary N) is 1. The molecule has 1 aliphatic rings. The van der Waals surface area contributed by atoms with Crippen molar-refractivity contribution >= 4 is 34.8 Å². The van der Waals surface area contributed by atoms with Crippen molar-refractivity contribution in [2.24, 2.45) is 0 Å². The molecule has 1 amide bonds. The summed E-state index contributed by atoms with van der Waals surface area (Å²) in [4.78, 5) is 25.5. The lowest BCUT2D eigenvalue weighted by atomic mass is 9.97. The highest BCUT2D eigenvalue weighted by molar-refractivity contribution is 7.14. The molecule has 1 atom stereocenters. The van der Waals surface area contributed by atoms with E-state index in [9.17, 15) is 9.59 Å². The number of benzene rings is 1. The monoisotopic (exact) mass is 419 g/mol. The second kappa shape index (κ2) is 8.66. The van der Waals surface area contributed by atoms with Gasteiger partial charge in [0.2, 0.25) is 0 Å². The highest BCUT2D eigenvalue weighted by atomic mass is 35.5. The molecule has 0 saturated carbocycles. The van der Waals surface area contributed by atoms with Crippen LogP contribution in [-0.2, 0) is 17.6 Å². The maximum atomic E-state index is 12.6. The van der Waals surface area contributed by atoms with Gasteiger partial charge in [0.1, 0.15) is 6.61 Å². The first-order valence-corrected chi connectivity index (χ1v) is 10.8. The number of alkyl carbamates (subject to hydrolysis) is 1. The number of carbonyl (C=O) groups is 2. The van der Waals surface area contributed by atoms with Crippen LogP contribution in [0, 0.1) is 13.8 Å². The topological polar surface area (TPSA) is 55.4 Å². The number of thiophene rings is 1. The van der Waals surface area contributed by atoms with Gasteiger partial charge in [0.15, 0.2) is 5.78 Å². The summed E-state index contributed by atoms with van der Waals surface area (Å²) in [5.74, 6) is 0.144. The molecule has 1 aromatic carbocycles. The predicted octanol–water partition coefficient (Wildman–Crippen LogP) is 5.66. The van der Waals surface area contributed by atoms with Gasteiger partial charge in [-0.05, 0) is 69.2 Å². The summed E-state index contributed by atoms with van der Waals surface area (Å²) in [6, 6.07) is 8.26. The second-order valence-electron chi connectivity index (χ2n) is 7.84. The molecule has 0 spiro atoms. The van der Waals surface area contributed by atoms with E-state index in [1.54, 1.807) is 6.07 Å². The van der Waals surface area contributed by atoms with E-state index in [0.717, 1.165) is 29.0 Å². The molecule has 1 fully saturated rings. The molecule has 0 aliphatic carbocycles. The molecule has 150 valence electrons. The maximum Gasteiger partial charge on any atom is 0.407 e. The third kappa shape index (κ3) is 5.15. The fourth-order valence-electron chi connectivity index (χ4n) is 3.32. The zero-order valence-electron chi connectivity index (χ0n) is 16.6. The number of cyclic esters (lactones) is 1. The molecular weight excluding hydrogens is 394 g/mol. The molecule has 3 rings (SSSR count). The fourth-order valence-corrected chi connectivity index (χ4v) is 4.72. The fraction of sp³-hybridized carbons (Fsp3) is 0.455. The Morgan fingerprint density at radius 2 is 2.04 bits per heavy atom. The lowest BCUT2D eigenvalue weighted by Gasteiger charge is -2.20. The van der Waals surface area contributed by atoms with E-state index in [2.05, 4.69) is 37.4 Å². The van der Waals surface area contributed by atoms with Crippen LogP contribution >= 0.6 is 22.9 Å². The zero-order valence-corrected chi connectivity index (χ0v) is 18.1. The Balaban J connectivity index is 1.52. The summed E-state index contributed by atoms with van der Waals surface area (Å²) >= 11 is 7.82. The number of amides is 1. The molecule has 1 saturated heterocycles. The van der Waals surface area contributed by atoms with Crippen LogP contribution in [0.5, 0.6) is 0 Å². The lowest BCUT2D eigenvalue weighted by molar-refractivity contribution is 0.0984. The summed E-state index contributed by atoms with van der Waals surface area (Å²) in [7, 11) is 0. The molecule has 0 bridgehead atoms. The molecule has 6 heteroatoms. The molecule has 28 heavy (non-hydrogen) atoms. The van der Waals surface area contributed by atoms with Gasteiger partial charge < -0.3 is 10.1 Å². The Morgan fingerprint density at radius 1 is 1.25 bits per heavy atom. The van der Waals surface area contributed by atoms with Crippen LogP contribution in [-0.4, -0.2) is 24.0 Å². The van der Waals surface area contributed by atoms with Gasteiger partial charge in [-0.3, -0.25) is 4.79 Å². The first-order valence-electron chi connectivity index (χ1n) is 9.58. The van der Waals surface area contributed by atoms with Crippen LogP contribution < -0.4 is 5.32 Å². The standard InChI is InChI=1S/C22H26ClNO3S/c1-14-7-8-16(11-15(14)2)5-4-6-18(25)20-12-17(23)19(28-20)9-10-22(3)13-27-21(26)24-22/h7-8,11-12H,4-6,9-10,13H2,1-3H3,(H,24,26)/t22-/m1/s1. The van der Waals surface area contributed by atoms with Crippen molar-refractivity contribution in [2.75, 3.05) is 6.61 Å². The summed E-state index contributed by atoms with van der Waals surface area (Å²) in [5.41, 5.74) is 3.48. The molecule has 0 unspecified atom stereocenters. The third-order valence-electron chi connectivity index (χ3n) is 5.30. The molecule has 0 radical (unpaired) electrons. The van der Waals surface area contributed by atoms with E-state index in [4.69, 9.17) is 16.3 Å². The molecule has 4 nitrogen and oxygen atoms in total. The van der Waals surface area contributed by atoms with Crippen molar-refractivity contribution in [2.45, 2.75) is 58.4 Å². The van der Waals surface area contributed by atoms with Gasteiger partial charge in [-0.25, -0.2) is 4.79 Å². The van der Waals surface area contributed by atoms with Gasteiger partial charge in [-0.1, -0.05) is 29.8 Å². The molecule has 2 aromatic rings. The minimum absolute atomic E-state index is 0.144. The number of hydrogen-bond donors (Lipinski definition) is 1. The van der Waals surface area contributed by atoms with Gasteiger partial charge in [0, 0.05) is 11.3 Å². The first-order chi connectivity index (χ1) is 13.3. The lowest BCUT2D eigenvalue weighted by Crippen LogP contribution is -2.40. The van der Waals surface area contributed by atoms with E-state index >= 15 is 0 Å². The van der Waals surface area contributed by atoms with E-state index in [-0.39, 0.29) is 17.4 Å². The maximum absolute atomic E-state index is 12.6. The van der Waals surface area contributed by atoms with Crippen molar-refractivity contribution in [3.8, 4) is 0 Å². The van der Waals surface area contributed by atoms with Crippen molar-refractivity contribution in [1.29, 1.82) is 0 Å². The largest absolute Gasteiger partial charge is 0.447 e. The van der Waals surface area contributed by atoms with Crippen LogP contribution in [0.4, 0.5) is 4.79 Å². The number of aryl methyl sites for hydroxylation is 4. The minimum Gasteiger partial charge on any atom is -0.447 e. The van der Waals surface area contributed by atoms with Gasteiger partial charge in [-0.2, -0.15) is 0 Å². The van der Waals surface area contributed by atoms with Crippen LogP contribution in [0.2, 0.25) is 5.02 Å². The van der Waals surface area contributed by atoms with Crippen LogP contribution in [0.1, 0.15) is 57.4 Å². The summed E-state index contributed by atoms with van der Waals surface area (Å²) in [6.45, 7) is 6.54. The smallest absolute Gasteiger partial charge is 0.407 e. The quantitative estimate of drug-likeness (QED) is 0.562. The van der Waals surface area contributed by atoms with Gasteiger partial charge in [0.25, 0.3) is 0 Å². The van der Waals surface area contributed by atoms with Crippen LogP contribution in [0.15, 0.2) is 24.3 Å². The van der Waals surface area contributed by atoms with E-state index in [0.29, 0.717) is 24.5 Å². The summed E-state index contributed by atoms with van der Waals surface area (Å²) < 4.78 is 4.99. The number of Topliss-reactive ketones (excluding diaryl/α,β-unsaturated/α-hetero) is 1. The first kappa shape index (κ1) is 20.9. The normalized spacial score (nSPS) is 18.8. The number of ketones is 1. The van der Waals surface area contributed by atoms with E-state index in [1.807, 2.05) is 6.92 Å². The molecule has 1 aliphatic heterocycles. The predicted molar refractivity (Wildman–Crippen MR) is 114 cm³/mol. The van der Waals surface area contributed by atoms with Gasteiger partial charge in [-0.15, -0.1) is 11.3 Å². The van der Waals surface area contributed by atoms with Gasteiger partial charge in [0.05, 0.1) is 15.4 Å². The molecular formula is C22H26ClNO3S. The summed E-state index contributed by atoms with van der Waals surface area (Å²) in [6.07, 6.45) is 3.30. The molecule has 1 N–H and O–H groups in total. The van der Waals surface area contributed by atoms with Crippen LogP contribution in [0.3, 0.4) is 0 Å². The Bertz CT molecular complexity index is 892. The minimum atomic E-state index is -0.376. The number of carbonyl (C=O) groups excluding carboxylic acids is 2. The Hall–Kier alpha value is -1.85. The summed E-state index contributed by atoms with van der Waals surface area (Å²) in [5, 5.41) is 3.47. The third-order valence-corrected chi connectivity index (χ3v) is 6.99. The van der Waals surface area contributed by atoms with E-state index in [1.165, 1.54) is 28.0 Å². The average Bonchev–Trinajstić information content (AvgIpc) is 3.19. The SMILES string of the molecule is Cc1ccc(CCCC(=O)c2cc(Cl)c(CC[C@]3(C)COC(=O)N3)s2)cc1C. The second-order valence-corrected chi connectivity index (χ2v) is 9.38. The zero-order chi connectivity index (χ0) is 20.3. The highest BCUT2D eigenvalue weighted by Gasteiger charge is 2.34. The van der Waals surface area contributed by atoms with Crippen molar-refractivity contribution < 1.29 is 14.3 Å². The van der Waals surface area contributed by atoms with Crippen molar-refractivity contribution in [3.63, 3.8) is 0 Å².